The Morgan fingerprint density at radius 3 is 1.69 bits per heavy atom. The third-order valence-electron chi connectivity index (χ3n) is 1.58. The van der Waals surface area contributed by atoms with Crippen molar-refractivity contribution in [3.05, 3.63) is 24.3 Å². The molecule has 16 heavy (non-hydrogen) atoms. The smallest absolute Gasteiger partial charge is 0.162 e. The molecular weight excluding hydrogens is 336 g/mol. The Kier molecular flexibility index (Phi) is 6.56. The molecule has 0 fully saturated rings. The van der Waals surface area contributed by atoms with Crippen LogP contribution in [-0.4, -0.2) is 13.2 Å². The number of hydrogen-bond acceptors (Lipinski definition) is 2. The highest BCUT2D eigenvalue weighted by atomic mass is 79.9. The van der Waals surface area contributed by atoms with E-state index in [1.54, 1.807) is 0 Å². The van der Waals surface area contributed by atoms with Crippen LogP contribution in [0.1, 0.15) is 0 Å². The maximum atomic E-state index is 5.42. The van der Waals surface area contributed by atoms with Gasteiger partial charge in [-0.25, -0.2) is 0 Å². The Balaban J connectivity index is 2.64. The van der Waals surface area contributed by atoms with E-state index in [1.165, 1.54) is 0 Å². The van der Waals surface area contributed by atoms with Crippen LogP contribution < -0.4 is 9.47 Å². The van der Waals surface area contributed by atoms with E-state index < -0.39 is 0 Å². The highest BCUT2D eigenvalue weighted by Crippen LogP contribution is 2.25. The summed E-state index contributed by atoms with van der Waals surface area (Å²) < 4.78 is 10.8. The number of para-hydroxylation sites is 2. The zero-order valence-electron chi connectivity index (χ0n) is 8.30. The van der Waals surface area contributed by atoms with E-state index >= 15 is 0 Å². The third-order valence-corrected chi connectivity index (χ3v) is 2.14. The average molecular weight is 344 g/mol. The highest BCUT2D eigenvalue weighted by Gasteiger charge is 2.01. The molecule has 0 spiro atoms. The lowest BCUT2D eigenvalue weighted by molar-refractivity contribution is 0.314. The molecule has 0 bridgehead atoms. The Morgan fingerprint density at radius 1 is 0.875 bits per heavy atom. The summed E-state index contributed by atoms with van der Waals surface area (Å²) in [5, 5.41) is 0. The first-order valence-corrected chi connectivity index (χ1v) is 5.98. The van der Waals surface area contributed by atoms with Gasteiger partial charge in [0.1, 0.15) is 13.2 Å². The van der Waals surface area contributed by atoms with Crippen LogP contribution in [0.5, 0.6) is 11.5 Å². The molecule has 4 heteroatoms. The normalized spacial score (nSPS) is 8.12. The van der Waals surface area contributed by atoms with Gasteiger partial charge in [-0.3, -0.25) is 0 Å². The Labute approximate surface area is 112 Å². The highest BCUT2D eigenvalue weighted by molar-refractivity contribution is 9.12. The third kappa shape index (κ3) is 4.61. The standard InChI is InChI=1S/C12H8Br2O2/c13-7-3-9-15-11-5-1-2-6-12(11)16-10-4-8-14/h1-2,5-6H,9-10H2. The first kappa shape index (κ1) is 13.0. The van der Waals surface area contributed by atoms with Crippen molar-refractivity contribution in [2.24, 2.45) is 0 Å². The first-order chi connectivity index (χ1) is 7.88. The number of halogens is 2. The van der Waals surface area contributed by atoms with Gasteiger partial charge in [0.15, 0.2) is 11.5 Å². The predicted molar refractivity (Wildman–Crippen MR) is 70.8 cm³/mol. The second-order valence-corrected chi connectivity index (χ2v) is 3.36. The molecule has 1 aromatic carbocycles. The van der Waals surface area contributed by atoms with Gasteiger partial charge < -0.3 is 9.47 Å². The van der Waals surface area contributed by atoms with E-state index in [0.717, 1.165) is 0 Å². The lowest BCUT2D eigenvalue weighted by Crippen LogP contribution is -1.99. The van der Waals surface area contributed by atoms with Crippen LogP contribution in [0.4, 0.5) is 0 Å². The molecule has 0 atom stereocenters. The maximum absolute atomic E-state index is 5.42. The molecule has 0 heterocycles. The second-order valence-electron chi connectivity index (χ2n) is 2.57. The zero-order valence-corrected chi connectivity index (χ0v) is 11.5. The lowest BCUT2D eigenvalue weighted by Gasteiger charge is -2.08. The summed E-state index contributed by atoms with van der Waals surface area (Å²) in [5.74, 6) is 6.81. The van der Waals surface area contributed by atoms with Crippen LogP contribution in [0.2, 0.25) is 0 Å². The minimum absolute atomic E-state index is 0.315. The fraction of sp³-hybridized carbons (Fsp3) is 0.167. The average Bonchev–Trinajstić information content (AvgIpc) is 2.32. The van der Waals surface area contributed by atoms with E-state index in [4.69, 9.17) is 9.47 Å². The van der Waals surface area contributed by atoms with Crippen LogP contribution >= 0.6 is 31.9 Å². The number of benzene rings is 1. The molecule has 0 N–H and O–H groups in total. The van der Waals surface area contributed by atoms with E-state index in [-0.39, 0.29) is 0 Å². The Hall–Kier alpha value is -1.10. The van der Waals surface area contributed by atoms with Crippen molar-refractivity contribution >= 4 is 31.9 Å². The lowest BCUT2D eigenvalue weighted by atomic mass is 10.3. The van der Waals surface area contributed by atoms with Crippen LogP contribution in [0.25, 0.3) is 0 Å². The van der Waals surface area contributed by atoms with E-state index in [9.17, 15) is 0 Å². The van der Waals surface area contributed by atoms with Gasteiger partial charge in [-0.1, -0.05) is 12.1 Å². The van der Waals surface area contributed by atoms with E-state index in [1.807, 2.05) is 24.3 Å². The molecule has 0 radical (unpaired) electrons. The van der Waals surface area contributed by atoms with Gasteiger partial charge in [0.05, 0.1) is 0 Å². The fourth-order valence-corrected chi connectivity index (χ4v) is 1.20. The minimum atomic E-state index is 0.315. The first-order valence-electron chi connectivity index (χ1n) is 4.40. The summed E-state index contributed by atoms with van der Waals surface area (Å²) in [4.78, 5) is 5.16. The summed E-state index contributed by atoms with van der Waals surface area (Å²) in [6.07, 6.45) is 0. The van der Waals surface area contributed by atoms with Gasteiger partial charge in [-0.05, 0) is 33.6 Å². The minimum Gasteiger partial charge on any atom is -0.477 e. The molecule has 2 nitrogen and oxygen atoms in total. The number of rotatable bonds is 4. The van der Waals surface area contributed by atoms with Crippen molar-refractivity contribution in [2.45, 2.75) is 0 Å². The summed E-state index contributed by atoms with van der Waals surface area (Å²) in [6, 6.07) is 7.40. The topological polar surface area (TPSA) is 18.5 Å². The number of ether oxygens (including phenoxy) is 2. The van der Waals surface area contributed by atoms with Crippen LogP contribution in [0.3, 0.4) is 0 Å². The van der Waals surface area contributed by atoms with Gasteiger partial charge >= 0.3 is 0 Å². The molecule has 0 aliphatic rings. The van der Waals surface area contributed by atoms with Gasteiger partial charge in [0.2, 0.25) is 0 Å². The summed E-state index contributed by atoms with van der Waals surface area (Å²) in [6.45, 7) is 0.630. The number of hydrogen-bond donors (Lipinski definition) is 0. The SMILES string of the molecule is BrC#CCOc1ccccc1OCC#CBr. The van der Waals surface area contributed by atoms with Crippen LogP contribution in [0, 0.1) is 21.5 Å². The van der Waals surface area contributed by atoms with E-state index in [0.29, 0.717) is 24.7 Å². The molecule has 0 aromatic heterocycles. The molecule has 0 aliphatic heterocycles. The summed E-state index contributed by atoms with van der Waals surface area (Å²) in [5.41, 5.74) is 0. The van der Waals surface area contributed by atoms with Crippen molar-refractivity contribution in [2.75, 3.05) is 13.2 Å². The molecule has 1 aromatic rings. The fourth-order valence-electron chi connectivity index (χ4n) is 0.971. The van der Waals surface area contributed by atoms with E-state index in [2.05, 4.69) is 53.4 Å². The van der Waals surface area contributed by atoms with Crippen molar-refractivity contribution in [1.82, 2.24) is 0 Å². The van der Waals surface area contributed by atoms with Crippen LogP contribution in [-0.2, 0) is 0 Å². The summed E-state index contributed by atoms with van der Waals surface area (Å²) >= 11 is 5.99. The molecule has 82 valence electrons. The van der Waals surface area contributed by atoms with Crippen molar-refractivity contribution in [3.63, 3.8) is 0 Å². The van der Waals surface area contributed by atoms with Crippen molar-refractivity contribution in [1.29, 1.82) is 0 Å². The van der Waals surface area contributed by atoms with Crippen LogP contribution in [0.15, 0.2) is 24.3 Å². The molecule has 1 rings (SSSR count). The monoisotopic (exact) mass is 342 g/mol. The predicted octanol–water partition coefficient (Wildman–Crippen LogP) is 3.16. The summed E-state index contributed by atoms with van der Waals surface area (Å²) in [7, 11) is 0. The van der Waals surface area contributed by atoms with Gasteiger partial charge in [-0.2, -0.15) is 0 Å². The zero-order chi connectivity index (χ0) is 11.6. The molecule has 0 amide bonds. The second kappa shape index (κ2) is 8.10. The Morgan fingerprint density at radius 2 is 1.31 bits per heavy atom. The molecule has 0 aliphatic carbocycles. The quantitative estimate of drug-likeness (QED) is 0.782. The largest absolute Gasteiger partial charge is 0.477 e. The van der Waals surface area contributed by atoms with Gasteiger partial charge in [0.25, 0.3) is 0 Å². The van der Waals surface area contributed by atoms with Crippen molar-refractivity contribution in [3.8, 4) is 33.0 Å². The van der Waals surface area contributed by atoms with Crippen molar-refractivity contribution < 1.29 is 9.47 Å². The Bertz CT molecular complexity index is 406. The molecule has 0 saturated heterocycles. The van der Waals surface area contributed by atoms with Gasteiger partial charge in [0, 0.05) is 31.9 Å². The molecular formula is C12H8Br2O2. The molecule has 0 unspecified atom stereocenters. The van der Waals surface area contributed by atoms with Gasteiger partial charge in [-0.15, -0.1) is 0 Å². The molecule has 0 saturated carbocycles. The maximum Gasteiger partial charge on any atom is 0.162 e.